The number of likely N-dealkylation sites (N-methyl/N-ethyl adjacent to an activating group) is 1. The molecule has 13 nitrogen and oxygen atoms in total. The van der Waals surface area contributed by atoms with E-state index in [1.165, 1.54) is 5.56 Å². The van der Waals surface area contributed by atoms with E-state index in [2.05, 4.69) is 47.7 Å². The van der Waals surface area contributed by atoms with Gasteiger partial charge in [0.25, 0.3) is 5.91 Å². The lowest BCUT2D eigenvalue weighted by atomic mass is 10.1. The molecule has 1 saturated heterocycles. The highest BCUT2D eigenvalue weighted by Crippen LogP contribution is 2.25. The number of piperazine rings is 1. The minimum absolute atomic E-state index is 0.0132. The van der Waals surface area contributed by atoms with E-state index in [-0.39, 0.29) is 17.7 Å². The summed E-state index contributed by atoms with van der Waals surface area (Å²) in [4.78, 5) is 53.2. The topological polar surface area (TPSA) is 165 Å². The Morgan fingerprint density at radius 2 is 1.48 bits per heavy atom. The third-order valence-corrected chi connectivity index (χ3v) is 9.31. The van der Waals surface area contributed by atoms with E-state index in [4.69, 9.17) is 5.21 Å². The number of nitrogens with one attached hydrogen (secondary N) is 4. The molecule has 0 aliphatic carbocycles. The first-order chi connectivity index (χ1) is 27.2. The molecule has 3 heterocycles. The van der Waals surface area contributed by atoms with Crippen LogP contribution in [0.3, 0.4) is 0 Å². The van der Waals surface area contributed by atoms with Crippen molar-refractivity contribution in [1.82, 2.24) is 30.2 Å². The molecule has 0 saturated carbocycles. The Labute approximate surface area is 328 Å². The first-order valence-electron chi connectivity index (χ1n) is 19.0. The molecule has 0 bridgehead atoms. The van der Waals surface area contributed by atoms with Gasteiger partial charge in [-0.05, 0) is 92.5 Å². The Morgan fingerprint density at radius 1 is 0.750 bits per heavy atom. The summed E-state index contributed by atoms with van der Waals surface area (Å²) in [7, 11) is 2.16. The summed E-state index contributed by atoms with van der Waals surface area (Å²) in [6.07, 6.45) is 9.35. The summed E-state index contributed by atoms with van der Waals surface area (Å²) < 4.78 is 0. The predicted molar refractivity (Wildman–Crippen MR) is 220 cm³/mol. The number of benzene rings is 3. The summed E-state index contributed by atoms with van der Waals surface area (Å²) in [5.41, 5.74) is 8.49. The minimum atomic E-state index is -0.359. The summed E-state index contributed by atoms with van der Waals surface area (Å²) in [6.45, 7) is 7.24. The van der Waals surface area contributed by atoms with Crippen LogP contribution in [0.5, 0.6) is 0 Å². The molecule has 0 radical (unpaired) electrons. The molecular formula is C43H51N9O4. The summed E-state index contributed by atoms with van der Waals surface area (Å²) in [6, 6.07) is 28.7. The number of para-hydroxylation sites is 1. The van der Waals surface area contributed by atoms with E-state index in [1.807, 2.05) is 97.9 Å². The van der Waals surface area contributed by atoms with E-state index in [0.29, 0.717) is 30.0 Å². The fourth-order valence-corrected chi connectivity index (χ4v) is 6.00. The number of pyridine rings is 1. The van der Waals surface area contributed by atoms with Crippen LogP contribution in [0.2, 0.25) is 0 Å². The fraction of sp³-hybridized carbons (Fsp3) is 0.302. The number of hydrogen-bond donors (Lipinski definition) is 5. The summed E-state index contributed by atoms with van der Waals surface area (Å²) in [5, 5.41) is 17.4. The van der Waals surface area contributed by atoms with Crippen molar-refractivity contribution >= 4 is 40.7 Å². The van der Waals surface area contributed by atoms with Crippen molar-refractivity contribution in [2.24, 2.45) is 0 Å². The van der Waals surface area contributed by atoms with Crippen LogP contribution in [0.1, 0.15) is 60.0 Å². The molecule has 292 valence electrons. The van der Waals surface area contributed by atoms with Crippen LogP contribution < -0.4 is 21.4 Å². The molecular weight excluding hydrogens is 707 g/mol. The van der Waals surface area contributed by atoms with E-state index in [1.54, 1.807) is 24.1 Å². The zero-order chi connectivity index (χ0) is 39.5. The molecule has 6 rings (SSSR count). The van der Waals surface area contributed by atoms with Gasteiger partial charge in [-0.3, -0.25) is 29.5 Å². The Balaban J connectivity index is 0.000000267. The number of aryl methyl sites for hydroxylation is 1. The molecule has 13 heteroatoms. The predicted octanol–water partition coefficient (Wildman–Crippen LogP) is 7.06. The van der Waals surface area contributed by atoms with Crippen molar-refractivity contribution in [3.8, 4) is 11.3 Å². The number of carbonyl (C=O) groups excluding carboxylic acids is 3. The Morgan fingerprint density at radius 3 is 2.18 bits per heavy atom. The maximum atomic E-state index is 12.9. The van der Waals surface area contributed by atoms with Gasteiger partial charge in [0, 0.05) is 92.3 Å². The lowest BCUT2D eigenvalue weighted by molar-refractivity contribution is -0.129. The number of carbonyl (C=O) groups is 3. The molecule has 3 aromatic carbocycles. The fourth-order valence-electron chi connectivity index (χ4n) is 6.00. The molecule has 1 aliphatic rings. The van der Waals surface area contributed by atoms with Gasteiger partial charge in [-0.2, -0.15) is 0 Å². The third kappa shape index (κ3) is 13.7. The van der Waals surface area contributed by atoms with Crippen LogP contribution in [0.15, 0.2) is 110 Å². The average molecular weight is 758 g/mol. The quantitative estimate of drug-likeness (QED) is 0.0424. The Bertz CT molecular complexity index is 1990. The van der Waals surface area contributed by atoms with Gasteiger partial charge in [0.05, 0.1) is 5.69 Å². The second-order valence-electron chi connectivity index (χ2n) is 13.8. The molecule has 56 heavy (non-hydrogen) atoms. The van der Waals surface area contributed by atoms with Crippen LogP contribution in [0.4, 0.5) is 23.0 Å². The van der Waals surface area contributed by atoms with Gasteiger partial charge in [-0.1, -0.05) is 49.2 Å². The number of hydrogen-bond acceptors (Lipinski definition) is 10. The van der Waals surface area contributed by atoms with Crippen molar-refractivity contribution in [2.75, 3.05) is 49.2 Å². The number of anilines is 4. The second kappa shape index (κ2) is 21.8. The highest BCUT2D eigenvalue weighted by Gasteiger charge is 2.15. The molecule has 0 atom stereocenters. The van der Waals surface area contributed by atoms with Gasteiger partial charge >= 0.3 is 0 Å². The average Bonchev–Trinajstić information content (AvgIpc) is 3.22. The van der Waals surface area contributed by atoms with E-state index >= 15 is 0 Å². The first kappa shape index (κ1) is 41.1. The zero-order valence-electron chi connectivity index (χ0n) is 32.1. The number of aromatic nitrogens is 3. The van der Waals surface area contributed by atoms with Crippen LogP contribution in [0.25, 0.3) is 11.3 Å². The standard InChI is InChI=1S/C29H31N7O.C14H20N2O3/c1-21-5-10-25(18-27(21)34-29-31-13-11-26(33-29)24-4-3-12-30-19-24)32-28(37)23-8-6-22(7-9-23)20-36-16-14-35(2)15-17-36;17-13(15-12-8-4-3-5-9-12)10-6-1-2-7-11-14(18)16-19/h3-13,18-19H,14-17,20H2,1-2H3,(H,32,37)(H,31,33,34);3-5,8-9,19H,1-2,6-7,10-11H2,(H,15,17)(H,16,18). The van der Waals surface area contributed by atoms with E-state index in [9.17, 15) is 14.4 Å². The van der Waals surface area contributed by atoms with Gasteiger partial charge in [-0.25, -0.2) is 15.4 Å². The minimum Gasteiger partial charge on any atom is -0.326 e. The lowest BCUT2D eigenvalue weighted by Crippen LogP contribution is -2.43. The van der Waals surface area contributed by atoms with Gasteiger partial charge in [0.2, 0.25) is 17.8 Å². The van der Waals surface area contributed by atoms with E-state index < -0.39 is 0 Å². The monoisotopic (exact) mass is 757 g/mol. The number of unbranched alkanes of at least 4 members (excludes halogenated alkanes) is 3. The van der Waals surface area contributed by atoms with E-state index in [0.717, 1.165) is 86.6 Å². The molecule has 0 unspecified atom stereocenters. The highest BCUT2D eigenvalue weighted by molar-refractivity contribution is 6.04. The smallest absolute Gasteiger partial charge is 0.255 e. The van der Waals surface area contributed by atoms with Gasteiger partial charge in [0.1, 0.15) is 0 Å². The third-order valence-electron chi connectivity index (χ3n) is 9.31. The zero-order valence-corrected chi connectivity index (χ0v) is 32.1. The van der Waals surface area contributed by atoms with Crippen molar-refractivity contribution in [3.05, 3.63) is 126 Å². The summed E-state index contributed by atoms with van der Waals surface area (Å²) in [5.74, 6) is -0.0132. The van der Waals surface area contributed by atoms with Crippen molar-refractivity contribution < 1.29 is 19.6 Å². The molecule has 2 aromatic heterocycles. The molecule has 3 amide bonds. The van der Waals surface area contributed by atoms with Gasteiger partial charge < -0.3 is 20.9 Å². The lowest BCUT2D eigenvalue weighted by Gasteiger charge is -2.32. The number of amides is 3. The SMILES string of the molecule is Cc1ccc(NC(=O)c2ccc(CN3CCN(C)CC3)cc2)cc1Nc1nccc(-c2cccnc2)n1.O=C(CCCCCCC(=O)Nc1ccccc1)NO. The first-order valence-corrected chi connectivity index (χ1v) is 19.0. The molecule has 5 aromatic rings. The van der Waals surface area contributed by atoms with Crippen molar-refractivity contribution in [2.45, 2.75) is 52.0 Å². The van der Waals surface area contributed by atoms with Crippen molar-refractivity contribution in [3.63, 3.8) is 0 Å². The second-order valence-corrected chi connectivity index (χ2v) is 13.8. The Kier molecular flexibility index (Phi) is 16.0. The van der Waals surface area contributed by atoms with Crippen LogP contribution in [0, 0.1) is 6.92 Å². The number of rotatable bonds is 15. The number of hydroxylamine groups is 1. The molecule has 1 fully saturated rings. The van der Waals surface area contributed by atoms with Crippen LogP contribution in [-0.2, 0) is 16.1 Å². The maximum Gasteiger partial charge on any atom is 0.255 e. The summed E-state index contributed by atoms with van der Waals surface area (Å²) >= 11 is 0. The van der Waals surface area contributed by atoms with Crippen LogP contribution >= 0.6 is 0 Å². The van der Waals surface area contributed by atoms with Gasteiger partial charge in [-0.15, -0.1) is 0 Å². The maximum absolute atomic E-state index is 12.9. The largest absolute Gasteiger partial charge is 0.326 e. The van der Waals surface area contributed by atoms with Crippen molar-refractivity contribution in [1.29, 1.82) is 0 Å². The Hall–Kier alpha value is -6.02. The molecule has 0 spiro atoms. The normalized spacial score (nSPS) is 12.8. The molecule has 5 N–H and O–H groups in total. The van der Waals surface area contributed by atoms with Crippen LogP contribution in [-0.4, -0.2) is 80.9 Å². The highest BCUT2D eigenvalue weighted by atomic mass is 16.5. The molecule has 1 aliphatic heterocycles. The number of nitrogens with zero attached hydrogens (tertiary/aromatic N) is 5. The van der Waals surface area contributed by atoms with Gasteiger partial charge in [0.15, 0.2) is 0 Å².